The summed E-state index contributed by atoms with van der Waals surface area (Å²) in [6, 6.07) is -0.0158. The molecule has 2 aliphatic rings. The highest BCUT2D eigenvalue weighted by atomic mass is 16.5. The molecule has 2 rings (SSSR count). The molecule has 0 spiro atoms. The SMILES string of the molecule is CCOC(=O)C(CC1CCCCC1)N1CCCNCC1. The van der Waals surface area contributed by atoms with Gasteiger partial charge in [0.15, 0.2) is 0 Å². The van der Waals surface area contributed by atoms with Gasteiger partial charge in [-0.2, -0.15) is 0 Å². The maximum Gasteiger partial charge on any atom is 0.323 e. The molecular formula is C16H30N2O2. The van der Waals surface area contributed by atoms with Crippen molar-refractivity contribution in [3.05, 3.63) is 0 Å². The predicted octanol–water partition coefficient (Wildman–Crippen LogP) is 2.18. The number of carbonyl (C=O) groups excluding carboxylic acids is 1. The third-order valence-electron chi connectivity index (χ3n) is 4.66. The van der Waals surface area contributed by atoms with Crippen LogP contribution in [0.3, 0.4) is 0 Å². The average molecular weight is 282 g/mol. The number of nitrogens with one attached hydrogen (secondary N) is 1. The minimum absolute atomic E-state index is 0.0000246. The molecule has 1 saturated heterocycles. The minimum atomic E-state index is -0.0158. The lowest BCUT2D eigenvalue weighted by molar-refractivity contribution is -0.150. The van der Waals surface area contributed by atoms with E-state index in [1.165, 1.54) is 32.1 Å². The topological polar surface area (TPSA) is 41.6 Å². The summed E-state index contributed by atoms with van der Waals surface area (Å²) < 4.78 is 5.34. The Hall–Kier alpha value is -0.610. The van der Waals surface area contributed by atoms with Crippen LogP contribution in [-0.4, -0.2) is 49.7 Å². The van der Waals surface area contributed by atoms with Crippen LogP contribution in [0.25, 0.3) is 0 Å². The van der Waals surface area contributed by atoms with Gasteiger partial charge < -0.3 is 10.1 Å². The second kappa shape index (κ2) is 8.63. The van der Waals surface area contributed by atoms with E-state index in [-0.39, 0.29) is 12.0 Å². The van der Waals surface area contributed by atoms with Crippen LogP contribution in [0.5, 0.6) is 0 Å². The van der Waals surface area contributed by atoms with Gasteiger partial charge in [-0.1, -0.05) is 32.1 Å². The first-order valence-corrected chi connectivity index (χ1v) is 8.42. The molecule has 4 heteroatoms. The van der Waals surface area contributed by atoms with Crippen LogP contribution in [0.15, 0.2) is 0 Å². The number of hydrogen-bond donors (Lipinski definition) is 1. The van der Waals surface area contributed by atoms with E-state index >= 15 is 0 Å². The number of hydrogen-bond acceptors (Lipinski definition) is 4. The molecule has 0 aromatic rings. The molecule has 0 radical (unpaired) electrons. The lowest BCUT2D eigenvalue weighted by Crippen LogP contribution is -2.45. The van der Waals surface area contributed by atoms with Crippen LogP contribution in [0, 0.1) is 5.92 Å². The Morgan fingerprint density at radius 3 is 2.75 bits per heavy atom. The zero-order valence-corrected chi connectivity index (χ0v) is 12.9. The first kappa shape index (κ1) is 15.8. The summed E-state index contributed by atoms with van der Waals surface area (Å²) in [4.78, 5) is 14.7. The third kappa shape index (κ3) is 4.74. The smallest absolute Gasteiger partial charge is 0.323 e. The standard InChI is InChI=1S/C16H30N2O2/c1-2-20-16(19)15(13-14-7-4-3-5-8-14)18-11-6-9-17-10-12-18/h14-15,17H,2-13H2,1H3. The van der Waals surface area contributed by atoms with E-state index in [4.69, 9.17) is 4.74 Å². The van der Waals surface area contributed by atoms with Crippen molar-refractivity contribution >= 4 is 5.97 Å². The zero-order valence-electron chi connectivity index (χ0n) is 12.9. The van der Waals surface area contributed by atoms with Crippen LogP contribution >= 0.6 is 0 Å². The fourth-order valence-corrected chi connectivity index (χ4v) is 3.55. The van der Waals surface area contributed by atoms with Gasteiger partial charge in [0, 0.05) is 19.6 Å². The van der Waals surface area contributed by atoms with Crippen LogP contribution in [0.2, 0.25) is 0 Å². The fourth-order valence-electron chi connectivity index (χ4n) is 3.55. The van der Waals surface area contributed by atoms with Crippen LogP contribution in [0.1, 0.15) is 51.9 Å². The molecule has 2 fully saturated rings. The second-order valence-corrected chi connectivity index (χ2v) is 6.15. The van der Waals surface area contributed by atoms with E-state index in [1.54, 1.807) is 0 Å². The molecule has 1 unspecified atom stereocenters. The predicted molar refractivity (Wildman–Crippen MR) is 80.7 cm³/mol. The molecule has 1 heterocycles. The Morgan fingerprint density at radius 1 is 1.20 bits per heavy atom. The summed E-state index contributed by atoms with van der Waals surface area (Å²) in [6.45, 7) is 6.43. The molecule has 1 aliphatic carbocycles. The lowest BCUT2D eigenvalue weighted by Gasteiger charge is -2.32. The van der Waals surface area contributed by atoms with E-state index in [0.717, 1.165) is 44.9 Å². The van der Waals surface area contributed by atoms with Gasteiger partial charge in [0.05, 0.1) is 6.61 Å². The van der Waals surface area contributed by atoms with Crippen molar-refractivity contribution in [3.63, 3.8) is 0 Å². The molecule has 1 saturated carbocycles. The lowest BCUT2D eigenvalue weighted by atomic mass is 9.84. The summed E-state index contributed by atoms with van der Waals surface area (Å²) in [6.07, 6.45) is 8.75. The van der Waals surface area contributed by atoms with Crippen molar-refractivity contribution in [2.75, 3.05) is 32.8 Å². The van der Waals surface area contributed by atoms with Crippen molar-refractivity contribution in [2.24, 2.45) is 5.92 Å². The first-order chi connectivity index (χ1) is 9.81. The van der Waals surface area contributed by atoms with Gasteiger partial charge in [-0.05, 0) is 32.2 Å². The summed E-state index contributed by atoms with van der Waals surface area (Å²) >= 11 is 0. The first-order valence-electron chi connectivity index (χ1n) is 8.42. The van der Waals surface area contributed by atoms with Gasteiger partial charge in [-0.25, -0.2) is 0 Å². The van der Waals surface area contributed by atoms with Crippen molar-refractivity contribution in [1.82, 2.24) is 10.2 Å². The average Bonchev–Trinajstić information content (AvgIpc) is 2.75. The zero-order chi connectivity index (χ0) is 14.2. The van der Waals surface area contributed by atoms with Gasteiger partial charge in [0.2, 0.25) is 0 Å². The van der Waals surface area contributed by atoms with Crippen molar-refractivity contribution in [2.45, 2.75) is 57.9 Å². The quantitative estimate of drug-likeness (QED) is 0.785. The number of nitrogens with zero attached hydrogens (tertiary/aromatic N) is 1. The van der Waals surface area contributed by atoms with Crippen LogP contribution in [-0.2, 0) is 9.53 Å². The number of rotatable bonds is 5. The highest BCUT2D eigenvalue weighted by Gasteiger charge is 2.30. The summed E-state index contributed by atoms with van der Waals surface area (Å²) in [5, 5.41) is 3.41. The molecule has 1 atom stereocenters. The Balaban J connectivity index is 1.96. The molecule has 116 valence electrons. The van der Waals surface area contributed by atoms with Crippen molar-refractivity contribution < 1.29 is 9.53 Å². The van der Waals surface area contributed by atoms with Gasteiger partial charge in [-0.3, -0.25) is 9.69 Å². The van der Waals surface area contributed by atoms with E-state index in [9.17, 15) is 4.79 Å². The van der Waals surface area contributed by atoms with Crippen molar-refractivity contribution in [1.29, 1.82) is 0 Å². The van der Waals surface area contributed by atoms with Gasteiger partial charge in [0.25, 0.3) is 0 Å². The van der Waals surface area contributed by atoms with Gasteiger partial charge >= 0.3 is 5.97 Å². The molecule has 1 N–H and O–H groups in total. The fraction of sp³-hybridized carbons (Fsp3) is 0.938. The minimum Gasteiger partial charge on any atom is -0.465 e. The number of ether oxygens (including phenoxy) is 1. The Labute approximate surface area is 123 Å². The molecule has 4 nitrogen and oxygen atoms in total. The molecular weight excluding hydrogens is 252 g/mol. The maximum absolute atomic E-state index is 12.3. The maximum atomic E-state index is 12.3. The van der Waals surface area contributed by atoms with Crippen LogP contribution < -0.4 is 5.32 Å². The third-order valence-corrected chi connectivity index (χ3v) is 4.66. The van der Waals surface area contributed by atoms with Crippen LogP contribution in [0.4, 0.5) is 0 Å². The monoisotopic (exact) mass is 282 g/mol. The van der Waals surface area contributed by atoms with E-state index in [2.05, 4.69) is 10.2 Å². The summed E-state index contributed by atoms with van der Waals surface area (Å²) in [5.41, 5.74) is 0. The molecule has 0 bridgehead atoms. The van der Waals surface area contributed by atoms with Gasteiger partial charge in [0.1, 0.15) is 6.04 Å². The molecule has 0 aromatic heterocycles. The number of carbonyl (C=O) groups is 1. The molecule has 1 aliphatic heterocycles. The van der Waals surface area contributed by atoms with Crippen molar-refractivity contribution in [3.8, 4) is 0 Å². The Morgan fingerprint density at radius 2 is 2.00 bits per heavy atom. The van der Waals surface area contributed by atoms with E-state index in [1.807, 2.05) is 6.92 Å². The normalized spacial score (nSPS) is 24.1. The molecule has 20 heavy (non-hydrogen) atoms. The van der Waals surface area contributed by atoms with Gasteiger partial charge in [-0.15, -0.1) is 0 Å². The molecule has 0 aromatic carbocycles. The highest BCUT2D eigenvalue weighted by molar-refractivity contribution is 5.75. The second-order valence-electron chi connectivity index (χ2n) is 6.15. The summed E-state index contributed by atoms with van der Waals surface area (Å²) in [5.74, 6) is 0.717. The molecule has 0 amide bonds. The Bertz CT molecular complexity index is 282. The van der Waals surface area contributed by atoms with E-state index < -0.39 is 0 Å². The number of esters is 1. The highest BCUT2D eigenvalue weighted by Crippen LogP contribution is 2.29. The van der Waals surface area contributed by atoms with E-state index in [0.29, 0.717) is 6.61 Å². The largest absolute Gasteiger partial charge is 0.465 e. The summed E-state index contributed by atoms with van der Waals surface area (Å²) in [7, 11) is 0. The Kier molecular flexibility index (Phi) is 6.80.